The number of benzene rings is 1. The molecule has 3 aromatic rings. The Hall–Kier alpha value is -1.90. The van der Waals surface area contributed by atoms with Gasteiger partial charge in [0.1, 0.15) is 11.4 Å². The number of tetrazole rings is 1. The van der Waals surface area contributed by atoms with Crippen molar-refractivity contribution in [2.75, 3.05) is 12.9 Å². The van der Waals surface area contributed by atoms with Gasteiger partial charge in [-0.1, -0.05) is 29.4 Å². The lowest BCUT2D eigenvalue weighted by molar-refractivity contribution is 0.102. The first-order valence-electron chi connectivity index (χ1n) is 6.93. The Kier molecular flexibility index (Phi) is 5.17. The molecule has 0 radical (unpaired) electrons. The number of aromatic nitrogens is 4. The molecule has 3 rings (SSSR count). The number of halogens is 1. The molecule has 0 aliphatic rings. The minimum Gasteiger partial charge on any atom is -0.494 e. The van der Waals surface area contributed by atoms with Crippen molar-refractivity contribution in [1.82, 2.24) is 20.2 Å². The van der Waals surface area contributed by atoms with Crippen molar-refractivity contribution in [2.24, 2.45) is 0 Å². The van der Waals surface area contributed by atoms with E-state index in [1.54, 1.807) is 23.9 Å². The van der Waals surface area contributed by atoms with Crippen LogP contribution in [0.5, 0.6) is 5.75 Å². The van der Waals surface area contributed by atoms with Gasteiger partial charge in [-0.3, -0.25) is 4.79 Å². The molecule has 0 atom stereocenters. The highest BCUT2D eigenvalue weighted by Gasteiger charge is 2.16. The summed E-state index contributed by atoms with van der Waals surface area (Å²) < 4.78 is 7.54. The lowest BCUT2D eigenvalue weighted by atomic mass is 10.2. The van der Waals surface area contributed by atoms with Crippen LogP contribution >= 0.6 is 34.7 Å². The molecule has 24 heavy (non-hydrogen) atoms. The van der Waals surface area contributed by atoms with Crippen molar-refractivity contribution < 1.29 is 9.53 Å². The monoisotopic (exact) mass is 380 g/mol. The molecule has 2 heterocycles. The number of carbonyl (C=O) groups excluding carboxylic acids is 1. The van der Waals surface area contributed by atoms with Crippen molar-refractivity contribution in [3.63, 3.8) is 0 Å². The molecule has 0 N–H and O–H groups in total. The van der Waals surface area contributed by atoms with E-state index >= 15 is 0 Å². The van der Waals surface area contributed by atoms with E-state index < -0.39 is 0 Å². The average Bonchev–Trinajstić information content (AvgIpc) is 3.21. The summed E-state index contributed by atoms with van der Waals surface area (Å²) >= 11 is 8.40. The maximum atomic E-state index is 12.2. The van der Waals surface area contributed by atoms with Gasteiger partial charge in [0.15, 0.2) is 5.78 Å². The summed E-state index contributed by atoms with van der Waals surface area (Å²) in [7, 11) is 1.59. The van der Waals surface area contributed by atoms with Gasteiger partial charge in [0.05, 0.1) is 22.1 Å². The van der Waals surface area contributed by atoms with Gasteiger partial charge >= 0.3 is 0 Å². The Morgan fingerprint density at radius 1 is 1.38 bits per heavy atom. The van der Waals surface area contributed by atoms with Crippen LogP contribution < -0.4 is 4.74 Å². The molecule has 9 heteroatoms. The highest BCUT2D eigenvalue weighted by molar-refractivity contribution is 7.99. The van der Waals surface area contributed by atoms with Crippen LogP contribution in [0.3, 0.4) is 0 Å². The number of hydrogen-bond donors (Lipinski definition) is 0. The molecule has 0 amide bonds. The SMILES string of the molecule is COc1ccc(C)cc1-n1nnnc1SCC(=O)c1ccc(Cl)s1. The Morgan fingerprint density at radius 3 is 2.92 bits per heavy atom. The fraction of sp³-hybridized carbons (Fsp3) is 0.200. The molecule has 0 fully saturated rings. The predicted molar refractivity (Wildman–Crippen MR) is 94.8 cm³/mol. The fourth-order valence-electron chi connectivity index (χ4n) is 2.05. The third kappa shape index (κ3) is 3.61. The molecule has 0 aliphatic carbocycles. The predicted octanol–water partition coefficient (Wildman–Crippen LogP) is 3.67. The van der Waals surface area contributed by atoms with Gasteiger partial charge in [-0.25, -0.2) is 0 Å². The number of ketones is 1. The Labute approximate surface area is 151 Å². The van der Waals surface area contributed by atoms with Crippen LogP contribution in [0.1, 0.15) is 15.2 Å². The zero-order valence-corrected chi connectivity index (χ0v) is 15.3. The molecule has 0 saturated carbocycles. The molecule has 0 saturated heterocycles. The van der Waals surface area contributed by atoms with E-state index in [1.165, 1.54) is 23.1 Å². The van der Waals surface area contributed by atoms with E-state index in [9.17, 15) is 4.79 Å². The number of thioether (sulfide) groups is 1. The normalized spacial score (nSPS) is 10.8. The highest BCUT2D eigenvalue weighted by atomic mass is 35.5. The van der Waals surface area contributed by atoms with Crippen LogP contribution in [0.2, 0.25) is 4.34 Å². The molecular weight excluding hydrogens is 368 g/mol. The molecule has 2 aromatic heterocycles. The Balaban J connectivity index is 1.81. The Morgan fingerprint density at radius 2 is 2.21 bits per heavy atom. The molecule has 1 aromatic carbocycles. The van der Waals surface area contributed by atoms with Crippen LogP contribution in [0.15, 0.2) is 35.5 Å². The number of thiophene rings is 1. The summed E-state index contributed by atoms with van der Waals surface area (Å²) in [6.07, 6.45) is 0. The molecule has 124 valence electrons. The van der Waals surface area contributed by atoms with Gasteiger partial charge in [0.25, 0.3) is 0 Å². The molecule has 0 spiro atoms. The van der Waals surface area contributed by atoms with Gasteiger partial charge in [0, 0.05) is 0 Å². The zero-order valence-electron chi connectivity index (χ0n) is 12.9. The van der Waals surface area contributed by atoms with Crippen molar-refractivity contribution in [3.8, 4) is 11.4 Å². The van der Waals surface area contributed by atoms with E-state index in [4.69, 9.17) is 16.3 Å². The van der Waals surface area contributed by atoms with Crippen molar-refractivity contribution >= 4 is 40.5 Å². The summed E-state index contributed by atoms with van der Waals surface area (Å²) in [5.74, 6) is 0.875. The lowest BCUT2D eigenvalue weighted by Crippen LogP contribution is -2.05. The van der Waals surface area contributed by atoms with Gasteiger partial charge < -0.3 is 4.74 Å². The lowest BCUT2D eigenvalue weighted by Gasteiger charge is -2.10. The largest absolute Gasteiger partial charge is 0.494 e. The van der Waals surface area contributed by atoms with Gasteiger partial charge in [0.2, 0.25) is 5.16 Å². The Bertz CT molecular complexity index is 878. The fourth-order valence-corrected chi connectivity index (χ4v) is 3.89. The number of rotatable bonds is 6. The van der Waals surface area contributed by atoms with E-state index in [0.29, 0.717) is 20.1 Å². The first kappa shape index (κ1) is 16.9. The number of nitrogens with zero attached hydrogens (tertiary/aromatic N) is 4. The third-order valence-corrected chi connectivity index (χ3v) is 5.38. The summed E-state index contributed by atoms with van der Waals surface area (Å²) in [5, 5.41) is 12.3. The van der Waals surface area contributed by atoms with Crippen LogP contribution in [0, 0.1) is 6.92 Å². The standard InChI is InChI=1S/C15H13ClN4O2S2/c1-9-3-4-12(22-2)10(7-9)20-15(17-18-19-20)23-8-11(21)13-5-6-14(16)24-13/h3-7H,8H2,1-2H3. The summed E-state index contributed by atoms with van der Waals surface area (Å²) in [6.45, 7) is 1.98. The number of hydrogen-bond acceptors (Lipinski definition) is 7. The number of aryl methyl sites for hydroxylation is 1. The van der Waals surface area contributed by atoms with E-state index in [1.807, 2.05) is 25.1 Å². The maximum absolute atomic E-state index is 12.2. The highest BCUT2D eigenvalue weighted by Crippen LogP contribution is 2.28. The van der Waals surface area contributed by atoms with Crippen LogP contribution in [0.4, 0.5) is 0 Å². The first-order chi connectivity index (χ1) is 11.6. The number of methoxy groups -OCH3 is 1. The third-order valence-electron chi connectivity index (χ3n) is 3.18. The van der Waals surface area contributed by atoms with Crippen molar-refractivity contribution in [2.45, 2.75) is 12.1 Å². The molecule has 6 nitrogen and oxygen atoms in total. The number of Topliss-reactive ketones (excluding diaryl/α,β-unsaturated/α-hetero) is 1. The quantitative estimate of drug-likeness (QED) is 0.480. The average molecular weight is 381 g/mol. The van der Waals surface area contributed by atoms with Crippen molar-refractivity contribution in [3.05, 3.63) is 45.1 Å². The van der Waals surface area contributed by atoms with Crippen LogP contribution in [-0.2, 0) is 0 Å². The molecule has 0 aliphatic heterocycles. The molecular formula is C15H13ClN4O2S2. The summed E-state index contributed by atoms with van der Waals surface area (Å²) in [4.78, 5) is 12.8. The molecule has 0 unspecified atom stereocenters. The minimum atomic E-state index is -0.0114. The van der Waals surface area contributed by atoms with Crippen LogP contribution in [-0.4, -0.2) is 38.9 Å². The number of carbonyl (C=O) groups is 1. The van der Waals surface area contributed by atoms with E-state index in [2.05, 4.69) is 15.5 Å². The minimum absolute atomic E-state index is 0.0114. The topological polar surface area (TPSA) is 69.9 Å². The second-order valence-electron chi connectivity index (χ2n) is 4.86. The maximum Gasteiger partial charge on any atom is 0.214 e. The van der Waals surface area contributed by atoms with E-state index in [0.717, 1.165) is 11.3 Å². The van der Waals surface area contributed by atoms with Crippen molar-refractivity contribution in [1.29, 1.82) is 0 Å². The second-order valence-corrected chi connectivity index (χ2v) is 7.52. The number of ether oxygens (including phenoxy) is 1. The van der Waals surface area contributed by atoms with Crippen LogP contribution in [0.25, 0.3) is 5.69 Å². The molecule has 0 bridgehead atoms. The zero-order chi connectivity index (χ0) is 17.1. The summed E-state index contributed by atoms with van der Waals surface area (Å²) in [5.41, 5.74) is 1.79. The second kappa shape index (κ2) is 7.33. The van der Waals surface area contributed by atoms with Gasteiger partial charge in [-0.15, -0.1) is 16.4 Å². The van der Waals surface area contributed by atoms with Gasteiger partial charge in [-0.2, -0.15) is 4.68 Å². The first-order valence-corrected chi connectivity index (χ1v) is 9.11. The smallest absolute Gasteiger partial charge is 0.214 e. The van der Waals surface area contributed by atoms with E-state index in [-0.39, 0.29) is 11.5 Å². The van der Waals surface area contributed by atoms with Gasteiger partial charge in [-0.05, 0) is 47.2 Å². The summed E-state index contributed by atoms with van der Waals surface area (Å²) in [6, 6.07) is 9.18.